The van der Waals surface area contributed by atoms with Crippen molar-refractivity contribution in [2.75, 3.05) is 0 Å². The second-order valence-electron chi connectivity index (χ2n) is 5.35. The molecule has 1 rings (SSSR count). The molecule has 106 valence electrons. The van der Waals surface area contributed by atoms with Crippen molar-refractivity contribution in [3.8, 4) is 11.8 Å². The van der Waals surface area contributed by atoms with E-state index in [9.17, 15) is 5.11 Å². The number of unbranched alkanes of at least 4 members (excludes halogenated alkanes) is 7. The van der Waals surface area contributed by atoms with Crippen LogP contribution in [-0.2, 0) is 0 Å². The molecule has 0 heterocycles. The van der Waals surface area contributed by atoms with Crippen LogP contribution in [0.2, 0.25) is 0 Å². The van der Waals surface area contributed by atoms with Gasteiger partial charge < -0.3 is 5.11 Å². The third-order valence-corrected chi connectivity index (χ3v) is 3.57. The maximum atomic E-state index is 9.91. The average Bonchev–Trinajstić information content (AvgIpc) is 2.46. The maximum absolute atomic E-state index is 9.91. The molecule has 0 aromatic heterocycles. The van der Waals surface area contributed by atoms with Crippen LogP contribution in [0.5, 0.6) is 0 Å². The largest absolute Gasteiger partial charge is 0.380 e. The van der Waals surface area contributed by atoms with Gasteiger partial charge in [0.1, 0.15) is 6.10 Å². The van der Waals surface area contributed by atoms with Crippen LogP contribution in [-0.4, -0.2) is 11.2 Å². The van der Waals surface area contributed by atoms with E-state index in [2.05, 4.69) is 24.8 Å². The second kappa shape index (κ2) is 10.9. The Morgan fingerprint density at radius 1 is 1.11 bits per heavy atom. The van der Waals surface area contributed by atoms with Gasteiger partial charge in [0.25, 0.3) is 0 Å². The summed E-state index contributed by atoms with van der Waals surface area (Å²) in [7, 11) is 0. The fraction of sp³-hybridized carbons (Fsp3) is 0.667. The first kappa shape index (κ1) is 16.1. The van der Waals surface area contributed by atoms with Gasteiger partial charge >= 0.3 is 0 Å². The van der Waals surface area contributed by atoms with Gasteiger partial charge in [0.15, 0.2) is 0 Å². The van der Waals surface area contributed by atoms with E-state index in [0.29, 0.717) is 0 Å². The molecule has 0 radical (unpaired) electrons. The van der Waals surface area contributed by atoms with E-state index in [4.69, 9.17) is 0 Å². The Bertz CT molecular complexity index is 329. The van der Waals surface area contributed by atoms with Gasteiger partial charge in [0, 0.05) is 12.3 Å². The van der Waals surface area contributed by atoms with Crippen molar-refractivity contribution >= 4 is 0 Å². The molecule has 1 aliphatic carbocycles. The van der Waals surface area contributed by atoms with Gasteiger partial charge in [-0.15, -0.1) is 5.92 Å². The Balaban J connectivity index is 2.01. The molecule has 19 heavy (non-hydrogen) atoms. The van der Waals surface area contributed by atoms with Crippen LogP contribution in [0.15, 0.2) is 24.3 Å². The molecule has 0 amide bonds. The lowest BCUT2D eigenvalue weighted by Crippen LogP contribution is -2.16. The summed E-state index contributed by atoms with van der Waals surface area (Å²) in [6.45, 7) is 2.25. The van der Waals surface area contributed by atoms with Crippen molar-refractivity contribution in [2.45, 2.75) is 70.8 Å². The van der Waals surface area contributed by atoms with Crippen LogP contribution in [0, 0.1) is 17.8 Å². The van der Waals surface area contributed by atoms with E-state index in [0.717, 1.165) is 12.8 Å². The minimum atomic E-state index is -0.495. The second-order valence-corrected chi connectivity index (χ2v) is 5.35. The summed E-state index contributed by atoms with van der Waals surface area (Å²) in [5.41, 5.74) is 0. The highest BCUT2D eigenvalue weighted by Crippen LogP contribution is 2.15. The molecule has 0 aromatic carbocycles. The molecular weight excluding hydrogens is 232 g/mol. The van der Waals surface area contributed by atoms with Gasteiger partial charge in [0.05, 0.1) is 0 Å². The van der Waals surface area contributed by atoms with E-state index in [1.807, 2.05) is 18.2 Å². The average molecular weight is 260 g/mol. The van der Waals surface area contributed by atoms with Crippen molar-refractivity contribution in [2.24, 2.45) is 5.92 Å². The van der Waals surface area contributed by atoms with Crippen LogP contribution < -0.4 is 0 Å². The zero-order valence-corrected chi connectivity index (χ0v) is 12.3. The first-order valence-electron chi connectivity index (χ1n) is 7.84. The standard InChI is InChI=1S/C18H28O/c1-2-3-4-5-6-7-8-9-13-16-18(19)17-14-11-10-12-15-17/h10-12,14,17-19H,2-9,15H2,1H3/t17-,18+/m0/s1. The Morgan fingerprint density at radius 3 is 2.53 bits per heavy atom. The van der Waals surface area contributed by atoms with Crippen LogP contribution in [0.4, 0.5) is 0 Å². The molecule has 2 atom stereocenters. The lowest BCUT2D eigenvalue weighted by atomic mass is 9.95. The molecule has 1 aliphatic rings. The Morgan fingerprint density at radius 2 is 1.84 bits per heavy atom. The zero-order valence-electron chi connectivity index (χ0n) is 12.3. The smallest absolute Gasteiger partial charge is 0.121 e. The SMILES string of the molecule is CCCCCCCCCC#C[C@@H](O)[C@H]1C=CC=CC1. The summed E-state index contributed by atoms with van der Waals surface area (Å²) >= 11 is 0. The third kappa shape index (κ3) is 7.90. The quantitative estimate of drug-likeness (QED) is 0.498. The molecule has 0 unspecified atom stereocenters. The van der Waals surface area contributed by atoms with Crippen LogP contribution in [0.3, 0.4) is 0 Å². The first-order valence-corrected chi connectivity index (χ1v) is 7.84. The Hall–Kier alpha value is -1.00. The van der Waals surface area contributed by atoms with E-state index in [-0.39, 0.29) is 5.92 Å². The molecule has 0 saturated heterocycles. The topological polar surface area (TPSA) is 20.2 Å². The van der Waals surface area contributed by atoms with Crippen LogP contribution >= 0.6 is 0 Å². The Kier molecular flexibility index (Phi) is 9.19. The lowest BCUT2D eigenvalue weighted by Gasteiger charge is -2.14. The van der Waals surface area contributed by atoms with E-state index >= 15 is 0 Å². The van der Waals surface area contributed by atoms with Gasteiger partial charge in [-0.25, -0.2) is 0 Å². The number of aliphatic hydroxyl groups excluding tert-OH is 1. The molecule has 1 nitrogen and oxygen atoms in total. The fourth-order valence-corrected chi connectivity index (χ4v) is 2.29. The lowest BCUT2D eigenvalue weighted by molar-refractivity contribution is 0.186. The number of hydrogen-bond donors (Lipinski definition) is 1. The van der Waals surface area contributed by atoms with Crippen molar-refractivity contribution in [1.82, 2.24) is 0 Å². The minimum absolute atomic E-state index is 0.187. The molecule has 1 N–H and O–H groups in total. The van der Waals surface area contributed by atoms with Gasteiger partial charge in [-0.05, 0) is 12.8 Å². The van der Waals surface area contributed by atoms with Gasteiger partial charge in [-0.3, -0.25) is 0 Å². The number of allylic oxidation sites excluding steroid dienone is 3. The predicted molar refractivity (Wildman–Crippen MR) is 82.8 cm³/mol. The van der Waals surface area contributed by atoms with Crippen LogP contribution in [0.1, 0.15) is 64.7 Å². The summed E-state index contributed by atoms with van der Waals surface area (Å²) in [5.74, 6) is 6.30. The summed E-state index contributed by atoms with van der Waals surface area (Å²) < 4.78 is 0. The van der Waals surface area contributed by atoms with E-state index in [1.54, 1.807) is 0 Å². The van der Waals surface area contributed by atoms with E-state index in [1.165, 1.54) is 44.9 Å². The summed E-state index contributed by atoms with van der Waals surface area (Å²) in [5, 5.41) is 9.91. The number of aliphatic hydroxyl groups is 1. The molecule has 0 aliphatic heterocycles. The molecule has 0 fully saturated rings. The highest BCUT2D eigenvalue weighted by Gasteiger charge is 2.13. The van der Waals surface area contributed by atoms with Crippen LogP contribution in [0.25, 0.3) is 0 Å². The maximum Gasteiger partial charge on any atom is 0.121 e. The molecular formula is C18H28O. The van der Waals surface area contributed by atoms with Gasteiger partial charge in [0.2, 0.25) is 0 Å². The zero-order chi connectivity index (χ0) is 13.8. The highest BCUT2D eigenvalue weighted by molar-refractivity contribution is 5.17. The summed E-state index contributed by atoms with van der Waals surface area (Å²) in [6.07, 6.45) is 18.7. The number of rotatable bonds is 8. The van der Waals surface area contributed by atoms with Gasteiger partial charge in [-0.1, -0.05) is 75.7 Å². The molecule has 0 aromatic rings. The monoisotopic (exact) mass is 260 g/mol. The third-order valence-electron chi connectivity index (χ3n) is 3.57. The summed E-state index contributed by atoms with van der Waals surface area (Å²) in [6, 6.07) is 0. The van der Waals surface area contributed by atoms with Crippen molar-refractivity contribution in [1.29, 1.82) is 0 Å². The summed E-state index contributed by atoms with van der Waals surface area (Å²) in [4.78, 5) is 0. The van der Waals surface area contributed by atoms with Crippen molar-refractivity contribution in [3.63, 3.8) is 0 Å². The molecule has 0 spiro atoms. The molecule has 1 heteroatoms. The Labute approximate surface area is 118 Å². The highest BCUT2D eigenvalue weighted by atomic mass is 16.3. The predicted octanol–water partition coefficient (Wildman–Crippen LogP) is 4.62. The molecule has 0 bridgehead atoms. The minimum Gasteiger partial charge on any atom is -0.380 e. The fourth-order valence-electron chi connectivity index (χ4n) is 2.29. The normalized spacial score (nSPS) is 18.9. The number of hydrogen-bond acceptors (Lipinski definition) is 1. The van der Waals surface area contributed by atoms with Crippen molar-refractivity contribution < 1.29 is 5.11 Å². The van der Waals surface area contributed by atoms with E-state index < -0.39 is 6.10 Å². The molecule has 0 saturated carbocycles. The first-order chi connectivity index (χ1) is 9.34. The van der Waals surface area contributed by atoms with Crippen molar-refractivity contribution in [3.05, 3.63) is 24.3 Å². The van der Waals surface area contributed by atoms with Gasteiger partial charge in [-0.2, -0.15) is 0 Å².